The van der Waals surface area contributed by atoms with Gasteiger partial charge in [0.1, 0.15) is 0 Å². The molecule has 49 valence electrons. The molecule has 0 atom stereocenters. The van der Waals surface area contributed by atoms with Crippen molar-refractivity contribution in [2.45, 2.75) is 0 Å². The zero-order valence-corrected chi connectivity index (χ0v) is 17.1. The smallest absolute Gasteiger partial charge is 0.124 e. The predicted octanol–water partition coefficient (Wildman–Crippen LogP) is 4.01. The van der Waals surface area contributed by atoms with Crippen molar-refractivity contribution in [1.82, 2.24) is 0 Å². The number of halogens is 6. The minimum absolute atomic E-state index is 0. The quantitative estimate of drug-likeness (QED) is 0.285. The largest absolute Gasteiger partial charge is 0.364 e. The molecule has 0 unspecified atom stereocenters. The Hall–Kier alpha value is 4.51. The van der Waals surface area contributed by atoms with E-state index in [1.54, 1.807) is 0 Å². The van der Waals surface area contributed by atoms with E-state index in [1.165, 1.54) is 0 Å². The van der Waals surface area contributed by atoms with Gasteiger partial charge in [0.25, 0.3) is 0 Å². The van der Waals surface area contributed by atoms with Gasteiger partial charge in [0.15, 0.2) is 0 Å². The Labute approximate surface area is 138 Å². The second-order valence-electron chi connectivity index (χ2n) is 0.495. The Bertz CT molecular complexity index is 32.0. The van der Waals surface area contributed by atoms with Crippen LogP contribution >= 0.6 is 108 Å². The summed E-state index contributed by atoms with van der Waals surface area (Å²) < 4.78 is 0.857. The molecule has 9 heteroatoms. The van der Waals surface area contributed by atoms with Crippen LogP contribution in [0.4, 0.5) is 0 Å². The Balaban J connectivity index is -0.0000000720. The number of hydrogen-bond acceptors (Lipinski definition) is 0. The summed E-state index contributed by atoms with van der Waals surface area (Å²) in [5.41, 5.74) is 0. The molecular weight excluding hydrogens is 618 g/mol. The molecule has 0 aliphatic heterocycles. The van der Waals surface area contributed by atoms with Gasteiger partial charge >= 0.3 is 4.43 Å². The maximum absolute atomic E-state index is 3.17. The van der Waals surface area contributed by atoms with E-state index in [9.17, 15) is 0 Å². The van der Waals surface area contributed by atoms with E-state index in [-0.39, 0.29) is 29.6 Å². The topological polar surface area (TPSA) is 0 Å². The van der Waals surface area contributed by atoms with E-state index in [2.05, 4.69) is 108 Å². The molecule has 0 fully saturated rings. The van der Waals surface area contributed by atoms with Crippen LogP contribution in [0.3, 0.4) is 0 Å². The molecule has 0 N–H and O–H groups in total. The van der Waals surface area contributed by atoms with Crippen LogP contribution in [-0.2, 0) is 0 Å². The van der Waals surface area contributed by atoms with E-state index < -0.39 is 0 Å². The van der Waals surface area contributed by atoms with Crippen molar-refractivity contribution in [3.05, 3.63) is 0 Å². The maximum Gasteiger partial charge on any atom is 0.364 e. The van der Waals surface area contributed by atoms with Crippen molar-refractivity contribution < 1.29 is 0 Å². The number of rotatable bonds is 0. The van der Waals surface area contributed by atoms with Crippen LogP contribution in [0.1, 0.15) is 0 Å². The molecule has 0 aromatic rings. The van der Waals surface area contributed by atoms with Gasteiger partial charge in [-0.15, -0.1) is 108 Å². The van der Waals surface area contributed by atoms with Crippen LogP contribution in [0.25, 0.3) is 0 Å². The minimum Gasteiger partial charge on any atom is -0.124 e. The van der Waals surface area contributed by atoms with Crippen LogP contribution < -0.4 is 0 Å². The van der Waals surface area contributed by atoms with Gasteiger partial charge in [0.2, 0.25) is 0 Å². The fraction of sp³-hybridized carbons (Fsp3) is 0. The average molecular weight is 618 g/mol. The average Bonchev–Trinajstić information content (AvgIpc) is 1.25. The first kappa shape index (κ1) is 19.1. The Morgan fingerprint density at radius 1 is 0.778 bits per heavy atom. The van der Waals surface area contributed by atoms with Gasteiger partial charge in [0, 0.05) is 29.6 Å². The molecule has 0 heterocycles. The summed E-state index contributed by atoms with van der Waals surface area (Å²) >= 11 is 17.0. The third-order valence-electron chi connectivity index (χ3n) is 0. The zero-order chi connectivity index (χ0) is 7.15. The third-order valence-corrected chi connectivity index (χ3v) is 0. The summed E-state index contributed by atoms with van der Waals surface area (Å²) in [6.45, 7) is 0. The third kappa shape index (κ3) is 67.9. The predicted molar refractivity (Wildman–Crippen MR) is 81.0 cm³/mol. The summed E-state index contributed by atoms with van der Waals surface area (Å²) in [7, 11) is 0. The van der Waals surface area contributed by atoms with Crippen molar-refractivity contribution in [3.8, 4) is 0 Å². The zero-order valence-electron chi connectivity index (χ0n) is 4.42. The SMILES string of the molecule is BrB(Br)I.BrB(Br)I.[Na]. The van der Waals surface area contributed by atoms with E-state index in [4.69, 9.17) is 0 Å². The summed E-state index contributed by atoms with van der Waals surface area (Å²) in [6.07, 6.45) is 0. The Kier molecular flexibility index (Phi) is 31.9. The monoisotopic (exact) mass is 614 g/mol. The van der Waals surface area contributed by atoms with E-state index in [1.807, 2.05) is 0 Å². The van der Waals surface area contributed by atoms with Crippen molar-refractivity contribution >= 4 is 142 Å². The van der Waals surface area contributed by atoms with Crippen LogP contribution in [0.2, 0.25) is 0 Å². The summed E-state index contributed by atoms with van der Waals surface area (Å²) in [5, 5.41) is 0. The fourth-order valence-corrected chi connectivity index (χ4v) is 0. The van der Waals surface area contributed by atoms with Crippen LogP contribution in [-0.4, -0.2) is 34.0 Å². The molecule has 1 radical (unpaired) electrons. The molecule has 0 saturated heterocycles. The standard InChI is InChI=1S/2BBr2I.Na/c2*2-1(3)4;. The van der Waals surface area contributed by atoms with Crippen LogP contribution in [0.15, 0.2) is 0 Å². The van der Waals surface area contributed by atoms with E-state index in [0.717, 1.165) is 0 Å². The van der Waals surface area contributed by atoms with Gasteiger partial charge in [-0.25, -0.2) is 0 Å². The van der Waals surface area contributed by atoms with Crippen molar-refractivity contribution in [3.63, 3.8) is 0 Å². The normalized spacial score (nSPS) is 6.00. The van der Waals surface area contributed by atoms with Gasteiger partial charge in [0.05, 0.1) is 0 Å². The van der Waals surface area contributed by atoms with Crippen molar-refractivity contribution in [2.24, 2.45) is 0 Å². The van der Waals surface area contributed by atoms with E-state index in [0.29, 0.717) is 4.43 Å². The number of hydrogen-bond donors (Lipinski definition) is 0. The molecule has 0 saturated carbocycles. The van der Waals surface area contributed by atoms with Crippen molar-refractivity contribution in [1.29, 1.82) is 0 Å². The molecule has 0 amide bonds. The molecule has 0 nitrogen and oxygen atoms in total. The molecule has 0 aliphatic carbocycles. The molecule has 0 aliphatic rings. The molecule has 0 spiro atoms. The first-order valence-electron chi connectivity index (χ1n) is 1.31. The van der Waals surface area contributed by atoms with Gasteiger partial charge < -0.3 is 0 Å². The Morgan fingerprint density at radius 3 is 0.778 bits per heavy atom. The van der Waals surface area contributed by atoms with Gasteiger partial charge in [-0.3, -0.25) is 0 Å². The molecule has 9 heavy (non-hydrogen) atoms. The summed E-state index contributed by atoms with van der Waals surface area (Å²) in [6, 6.07) is 0. The molecular formula is B2Br4I2Na. The second-order valence-corrected chi connectivity index (χ2v) is 16.0. The molecule has 0 bridgehead atoms. The fourth-order valence-electron chi connectivity index (χ4n) is 0. The van der Waals surface area contributed by atoms with Gasteiger partial charge in [-0.1, -0.05) is 0 Å². The van der Waals surface area contributed by atoms with Crippen LogP contribution in [0, 0.1) is 0 Å². The van der Waals surface area contributed by atoms with Crippen LogP contribution in [0.5, 0.6) is 0 Å². The summed E-state index contributed by atoms with van der Waals surface area (Å²) in [5.74, 6) is 0. The summed E-state index contributed by atoms with van der Waals surface area (Å²) in [4.78, 5) is 0. The molecule has 0 aromatic heterocycles. The molecule has 0 rings (SSSR count). The Morgan fingerprint density at radius 2 is 0.778 bits per heavy atom. The second kappa shape index (κ2) is 15.0. The van der Waals surface area contributed by atoms with E-state index >= 15 is 0 Å². The minimum atomic E-state index is 0. The molecule has 0 aromatic carbocycles. The maximum atomic E-state index is 3.17. The first-order valence-corrected chi connectivity index (χ1v) is 7.46. The first-order chi connectivity index (χ1) is 3.46. The van der Waals surface area contributed by atoms with Gasteiger partial charge in [-0.2, -0.15) is 0 Å². The van der Waals surface area contributed by atoms with Gasteiger partial charge in [-0.05, 0) is 0 Å². The van der Waals surface area contributed by atoms with Crippen molar-refractivity contribution in [2.75, 3.05) is 0 Å².